The van der Waals surface area contributed by atoms with Gasteiger partial charge in [0.2, 0.25) is 0 Å². The van der Waals surface area contributed by atoms with Gasteiger partial charge >= 0.3 is 0 Å². The van der Waals surface area contributed by atoms with E-state index < -0.39 is 0 Å². The van der Waals surface area contributed by atoms with Gasteiger partial charge in [-0.05, 0) is 24.3 Å². The predicted molar refractivity (Wildman–Crippen MR) is 81.0 cm³/mol. The number of hydrazone groups is 1. The van der Waals surface area contributed by atoms with Crippen LogP contribution in [0.4, 0.5) is 5.69 Å². The summed E-state index contributed by atoms with van der Waals surface area (Å²) in [5, 5.41) is 11.6. The molecular formula is C15H12N4O. The zero-order valence-corrected chi connectivity index (χ0v) is 10.6. The fraction of sp³-hybridized carbons (Fsp3) is 0. The summed E-state index contributed by atoms with van der Waals surface area (Å²) in [6, 6.07) is 17.2. The molecule has 5 nitrogen and oxygen atoms in total. The molecule has 2 aromatic rings. The van der Waals surface area contributed by atoms with E-state index in [1.807, 2.05) is 54.6 Å². The summed E-state index contributed by atoms with van der Waals surface area (Å²) in [5.41, 5.74) is 4.45. The van der Waals surface area contributed by atoms with Crippen LogP contribution in [-0.4, -0.2) is 18.1 Å². The third-order valence-corrected chi connectivity index (χ3v) is 2.57. The third kappa shape index (κ3) is 3.08. The highest BCUT2D eigenvalue weighted by Crippen LogP contribution is 2.23. The van der Waals surface area contributed by atoms with Crippen molar-refractivity contribution < 1.29 is 4.74 Å². The van der Waals surface area contributed by atoms with Crippen LogP contribution in [0.2, 0.25) is 0 Å². The number of benzene rings is 2. The van der Waals surface area contributed by atoms with Crippen LogP contribution in [0.1, 0.15) is 0 Å². The van der Waals surface area contributed by atoms with Gasteiger partial charge in [-0.2, -0.15) is 15.3 Å². The molecule has 0 aliphatic carbocycles. The van der Waals surface area contributed by atoms with Crippen molar-refractivity contribution in [3.8, 4) is 11.5 Å². The molecule has 3 rings (SSSR count). The van der Waals surface area contributed by atoms with E-state index in [0.29, 0.717) is 5.71 Å². The van der Waals surface area contributed by atoms with Crippen LogP contribution in [-0.2, 0) is 0 Å². The first-order valence-electron chi connectivity index (χ1n) is 6.13. The maximum atomic E-state index is 5.75. The topological polar surface area (TPSA) is 58.3 Å². The van der Waals surface area contributed by atoms with Gasteiger partial charge in [0.05, 0.1) is 18.1 Å². The molecule has 0 unspecified atom stereocenters. The molecule has 0 saturated heterocycles. The van der Waals surface area contributed by atoms with Gasteiger partial charge in [-0.25, -0.2) is 0 Å². The molecule has 20 heavy (non-hydrogen) atoms. The third-order valence-electron chi connectivity index (χ3n) is 2.57. The second kappa shape index (κ2) is 5.79. The standard InChI is InChI=1S/C15H12N4O/c1-2-6-14(7-3-1)20-15-8-4-5-12(9-15)18-19-13-10-16-17-11-13/h1-11,18H. The van der Waals surface area contributed by atoms with E-state index in [4.69, 9.17) is 4.74 Å². The van der Waals surface area contributed by atoms with Gasteiger partial charge in [0.15, 0.2) is 0 Å². The molecule has 0 aromatic heterocycles. The number of nitrogens with one attached hydrogen (secondary N) is 1. The zero-order chi connectivity index (χ0) is 13.6. The monoisotopic (exact) mass is 264 g/mol. The summed E-state index contributed by atoms with van der Waals surface area (Å²) in [6.07, 6.45) is 3.16. The van der Waals surface area contributed by atoms with Gasteiger partial charge in [0, 0.05) is 6.07 Å². The van der Waals surface area contributed by atoms with Gasteiger partial charge in [0.25, 0.3) is 0 Å². The van der Waals surface area contributed by atoms with Crippen molar-refractivity contribution in [3.63, 3.8) is 0 Å². The second-order valence-electron chi connectivity index (χ2n) is 4.08. The highest BCUT2D eigenvalue weighted by molar-refractivity contribution is 6.57. The summed E-state index contributed by atoms with van der Waals surface area (Å²) < 4.78 is 5.75. The first kappa shape index (κ1) is 12.1. The highest BCUT2D eigenvalue weighted by atomic mass is 16.5. The van der Waals surface area contributed by atoms with E-state index in [2.05, 4.69) is 20.7 Å². The summed E-state index contributed by atoms with van der Waals surface area (Å²) in [6.45, 7) is 0. The lowest BCUT2D eigenvalue weighted by atomic mass is 10.3. The molecule has 0 bridgehead atoms. The highest BCUT2D eigenvalue weighted by Gasteiger charge is 1.99. The van der Waals surface area contributed by atoms with E-state index >= 15 is 0 Å². The maximum Gasteiger partial charge on any atom is 0.129 e. The van der Waals surface area contributed by atoms with E-state index in [1.165, 1.54) is 0 Å². The molecule has 1 N–H and O–H groups in total. The largest absolute Gasteiger partial charge is 0.457 e. The van der Waals surface area contributed by atoms with Gasteiger partial charge in [-0.15, -0.1) is 0 Å². The second-order valence-corrected chi connectivity index (χ2v) is 4.08. The van der Waals surface area contributed by atoms with Gasteiger partial charge in [-0.3, -0.25) is 5.43 Å². The SMILES string of the molecule is C1=NN=CC1=NNc1cccc(Oc2ccccc2)c1. The minimum Gasteiger partial charge on any atom is -0.457 e. The number of rotatable bonds is 4. The molecule has 0 spiro atoms. The van der Waals surface area contributed by atoms with E-state index in [1.54, 1.807) is 12.4 Å². The van der Waals surface area contributed by atoms with Crippen LogP contribution in [0, 0.1) is 0 Å². The molecule has 0 atom stereocenters. The summed E-state index contributed by atoms with van der Waals surface area (Å²) in [5.74, 6) is 1.54. The number of anilines is 1. The Labute approximate surface area is 116 Å². The average molecular weight is 264 g/mol. The molecule has 1 heterocycles. The summed E-state index contributed by atoms with van der Waals surface area (Å²) in [4.78, 5) is 0. The molecule has 2 aromatic carbocycles. The average Bonchev–Trinajstić information content (AvgIpc) is 3.00. The molecule has 1 aliphatic rings. The van der Waals surface area contributed by atoms with Crippen molar-refractivity contribution in [2.75, 3.05) is 5.43 Å². The van der Waals surface area contributed by atoms with Crippen molar-refractivity contribution in [1.82, 2.24) is 0 Å². The molecule has 98 valence electrons. The lowest BCUT2D eigenvalue weighted by Gasteiger charge is -2.07. The van der Waals surface area contributed by atoms with Crippen molar-refractivity contribution in [2.24, 2.45) is 15.3 Å². The zero-order valence-electron chi connectivity index (χ0n) is 10.6. The van der Waals surface area contributed by atoms with Crippen molar-refractivity contribution in [3.05, 3.63) is 54.6 Å². The molecule has 0 fully saturated rings. The Balaban J connectivity index is 1.71. The smallest absolute Gasteiger partial charge is 0.129 e. The Morgan fingerprint density at radius 1 is 0.850 bits per heavy atom. The van der Waals surface area contributed by atoms with Crippen LogP contribution in [0.5, 0.6) is 11.5 Å². The van der Waals surface area contributed by atoms with Crippen LogP contribution in [0.25, 0.3) is 0 Å². The molecule has 0 amide bonds. The predicted octanol–water partition coefficient (Wildman–Crippen LogP) is 3.32. The molecule has 0 saturated carbocycles. The van der Waals surface area contributed by atoms with E-state index in [9.17, 15) is 0 Å². The lowest BCUT2D eigenvalue weighted by molar-refractivity contribution is 0.483. The summed E-state index contributed by atoms with van der Waals surface area (Å²) in [7, 11) is 0. The molecular weight excluding hydrogens is 252 g/mol. The van der Waals surface area contributed by atoms with Gasteiger partial charge in [-0.1, -0.05) is 24.3 Å². The van der Waals surface area contributed by atoms with Crippen molar-refractivity contribution in [1.29, 1.82) is 0 Å². The Kier molecular flexibility index (Phi) is 3.51. The normalized spacial score (nSPS) is 12.5. The van der Waals surface area contributed by atoms with Crippen LogP contribution in [0.15, 0.2) is 69.9 Å². The Morgan fingerprint density at radius 3 is 2.40 bits per heavy atom. The minimum atomic E-state index is 0.680. The fourth-order valence-corrected chi connectivity index (χ4v) is 1.66. The van der Waals surface area contributed by atoms with Crippen molar-refractivity contribution in [2.45, 2.75) is 0 Å². The number of hydrogen-bond acceptors (Lipinski definition) is 5. The van der Waals surface area contributed by atoms with Crippen LogP contribution in [0.3, 0.4) is 0 Å². The molecule has 5 heteroatoms. The Morgan fingerprint density at radius 2 is 1.60 bits per heavy atom. The fourth-order valence-electron chi connectivity index (χ4n) is 1.66. The molecule has 0 radical (unpaired) electrons. The number of nitrogens with zero attached hydrogens (tertiary/aromatic N) is 3. The van der Waals surface area contributed by atoms with Gasteiger partial charge in [0.1, 0.15) is 17.2 Å². The number of para-hydroxylation sites is 1. The molecule has 1 aliphatic heterocycles. The van der Waals surface area contributed by atoms with Gasteiger partial charge < -0.3 is 4.74 Å². The van der Waals surface area contributed by atoms with Crippen LogP contribution < -0.4 is 10.2 Å². The Hall–Kier alpha value is -2.95. The van der Waals surface area contributed by atoms with Crippen LogP contribution >= 0.6 is 0 Å². The maximum absolute atomic E-state index is 5.75. The number of hydrogen-bond donors (Lipinski definition) is 1. The first-order chi connectivity index (χ1) is 9.90. The van der Waals surface area contributed by atoms with E-state index in [0.717, 1.165) is 17.2 Å². The number of ether oxygens (including phenoxy) is 1. The van der Waals surface area contributed by atoms with Crippen molar-refractivity contribution >= 4 is 23.8 Å². The Bertz CT molecular complexity index is 663. The summed E-state index contributed by atoms with van der Waals surface area (Å²) >= 11 is 0. The van der Waals surface area contributed by atoms with E-state index in [-0.39, 0.29) is 0 Å². The first-order valence-corrected chi connectivity index (χ1v) is 6.13. The lowest BCUT2D eigenvalue weighted by Crippen LogP contribution is -2.01. The minimum absolute atomic E-state index is 0.680. The quantitative estimate of drug-likeness (QED) is 0.861.